The van der Waals surface area contributed by atoms with Gasteiger partial charge in [0.05, 0.1) is 0 Å². The Bertz CT molecular complexity index is 330. The number of aromatic hydroxyl groups is 1. The molecule has 1 aromatic carbocycles. The quantitative estimate of drug-likeness (QED) is 0.805. The number of phenols is 1. The van der Waals surface area contributed by atoms with Crippen molar-refractivity contribution in [3.63, 3.8) is 0 Å². The number of phenolic OH excluding ortho intramolecular Hbond substituents is 1. The molecular formula is C13H18O3. The van der Waals surface area contributed by atoms with E-state index in [4.69, 9.17) is 4.74 Å². The number of ketones is 1. The number of ether oxygens (including phenoxy) is 1. The van der Waals surface area contributed by atoms with E-state index in [0.29, 0.717) is 13.0 Å². The summed E-state index contributed by atoms with van der Waals surface area (Å²) in [6.07, 6.45) is 0.839. The molecule has 1 aromatic rings. The molecule has 0 saturated heterocycles. The average Bonchev–Trinajstić information content (AvgIpc) is 2.31. The predicted octanol–water partition coefficient (Wildman–Crippen LogP) is 2.84. The lowest BCUT2D eigenvalue weighted by atomic mass is 10.0. The number of Topliss-reactive ketones (excluding diaryl/α,β-unsaturated/α-hetero) is 1. The molecule has 0 aliphatic carbocycles. The average molecular weight is 222 g/mol. The molecule has 3 heteroatoms. The number of hydrogen-bond donors (Lipinski definition) is 1. The van der Waals surface area contributed by atoms with Crippen LogP contribution in [0.5, 0.6) is 5.75 Å². The third kappa shape index (κ3) is 3.35. The van der Waals surface area contributed by atoms with E-state index in [1.165, 1.54) is 0 Å². The van der Waals surface area contributed by atoms with Gasteiger partial charge >= 0.3 is 0 Å². The maximum absolute atomic E-state index is 11.7. The first-order valence-electron chi connectivity index (χ1n) is 5.62. The summed E-state index contributed by atoms with van der Waals surface area (Å²) in [5.74, 6) is 0.265. The lowest BCUT2D eigenvalue weighted by Crippen LogP contribution is -2.15. The van der Waals surface area contributed by atoms with Crippen LogP contribution in [0, 0.1) is 0 Å². The van der Waals surface area contributed by atoms with E-state index in [2.05, 4.69) is 0 Å². The van der Waals surface area contributed by atoms with E-state index in [1.54, 1.807) is 24.3 Å². The van der Waals surface area contributed by atoms with Crippen LogP contribution in [0.25, 0.3) is 0 Å². The van der Waals surface area contributed by atoms with Gasteiger partial charge in [0.2, 0.25) is 0 Å². The standard InChI is InChI=1S/C13H18O3/c1-3-9-16-13(12(15)4-2)10-5-7-11(14)8-6-10/h5-8,13-14H,3-4,9H2,1-2H3. The summed E-state index contributed by atoms with van der Waals surface area (Å²) in [6, 6.07) is 6.59. The minimum atomic E-state index is -0.495. The van der Waals surface area contributed by atoms with Crippen molar-refractivity contribution in [2.45, 2.75) is 32.8 Å². The van der Waals surface area contributed by atoms with Crippen LogP contribution < -0.4 is 0 Å². The summed E-state index contributed by atoms with van der Waals surface area (Å²) in [7, 11) is 0. The number of benzene rings is 1. The van der Waals surface area contributed by atoms with E-state index in [-0.39, 0.29) is 11.5 Å². The second kappa shape index (κ2) is 6.28. The van der Waals surface area contributed by atoms with E-state index >= 15 is 0 Å². The zero-order valence-corrected chi connectivity index (χ0v) is 9.77. The number of carbonyl (C=O) groups excluding carboxylic acids is 1. The zero-order chi connectivity index (χ0) is 12.0. The topological polar surface area (TPSA) is 46.5 Å². The summed E-state index contributed by atoms with van der Waals surface area (Å²) in [4.78, 5) is 11.7. The SMILES string of the molecule is CCCOC(C(=O)CC)c1ccc(O)cc1. The Morgan fingerprint density at radius 2 is 1.94 bits per heavy atom. The highest BCUT2D eigenvalue weighted by atomic mass is 16.5. The van der Waals surface area contributed by atoms with E-state index in [1.807, 2.05) is 13.8 Å². The molecule has 0 radical (unpaired) electrons. The van der Waals surface area contributed by atoms with Crippen LogP contribution >= 0.6 is 0 Å². The Morgan fingerprint density at radius 3 is 2.44 bits per heavy atom. The third-order valence-corrected chi connectivity index (χ3v) is 2.33. The van der Waals surface area contributed by atoms with Crippen molar-refractivity contribution in [2.75, 3.05) is 6.61 Å². The van der Waals surface area contributed by atoms with Crippen molar-refractivity contribution >= 4 is 5.78 Å². The van der Waals surface area contributed by atoms with Crippen LogP contribution in [0.2, 0.25) is 0 Å². The van der Waals surface area contributed by atoms with Crippen molar-refractivity contribution in [1.29, 1.82) is 0 Å². The minimum Gasteiger partial charge on any atom is -0.508 e. The van der Waals surface area contributed by atoms with Crippen molar-refractivity contribution < 1.29 is 14.6 Å². The van der Waals surface area contributed by atoms with Gasteiger partial charge in [-0.25, -0.2) is 0 Å². The summed E-state index contributed by atoms with van der Waals surface area (Å²) < 4.78 is 5.54. The molecule has 1 unspecified atom stereocenters. The molecule has 1 N–H and O–H groups in total. The van der Waals surface area contributed by atoms with Gasteiger partial charge in [-0.1, -0.05) is 26.0 Å². The van der Waals surface area contributed by atoms with Gasteiger partial charge in [0.1, 0.15) is 11.9 Å². The lowest BCUT2D eigenvalue weighted by Gasteiger charge is -2.16. The third-order valence-electron chi connectivity index (χ3n) is 2.33. The Kier molecular flexibility index (Phi) is 4.99. The van der Waals surface area contributed by atoms with E-state index in [9.17, 15) is 9.90 Å². The molecule has 0 heterocycles. The fraction of sp³-hybridized carbons (Fsp3) is 0.462. The van der Waals surface area contributed by atoms with Gasteiger partial charge in [-0.05, 0) is 24.1 Å². The lowest BCUT2D eigenvalue weighted by molar-refractivity contribution is -0.130. The molecule has 0 bridgehead atoms. The van der Waals surface area contributed by atoms with Gasteiger partial charge in [0, 0.05) is 13.0 Å². The first-order valence-corrected chi connectivity index (χ1v) is 5.62. The minimum absolute atomic E-state index is 0.0686. The van der Waals surface area contributed by atoms with Gasteiger partial charge < -0.3 is 9.84 Å². The van der Waals surface area contributed by atoms with E-state index < -0.39 is 6.10 Å². The van der Waals surface area contributed by atoms with Gasteiger partial charge in [-0.2, -0.15) is 0 Å². The summed E-state index contributed by atoms with van der Waals surface area (Å²) in [6.45, 7) is 4.40. The molecule has 0 saturated carbocycles. The first-order chi connectivity index (χ1) is 7.69. The second-order valence-electron chi connectivity index (χ2n) is 3.66. The molecule has 0 fully saturated rings. The fourth-order valence-electron chi connectivity index (χ4n) is 1.45. The largest absolute Gasteiger partial charge is 0.508 e. The van der Waals surface area contributed by atoms with E-state index in [0.717, 1.165) is 12.0 Å². The molecule has 0 aliphatic rings. The zero-order valence-electron chi connectivity index (χ0n) is 9.77. The normalized spacial score (nSPS) is 12.4. The molecule has 0 aromatic heterocycles. The molecule has 1 rings (SSSR count). The molecule has 0 spiro atoms. The van der Waals surface area contributed by atoms with Gasteiger partial charge in [0.15, 0.2) is 5.78 Å². The molecule has 88 valence electrons. The van der Waals surface area contributed by atoms with Gasteiger partial charge in [-0.3, -0.25) is 4.79 Å². The van der Waals surface area contributed by atoms with Crippen molar-refractivity contribution in [1.82, 2.24) is 0 Å². The van der Waals surface area contributed by atoms with Crippen LogP contribution in [0.3, 0.4) is 0 Å². The van der Waals surface area contributed by atoms with Crippen LogP contribution in [0.15, 0.2) is 24.3 Å². The molecule has 16 heavy (non-hydrogen) atoms. The highest BCUT2D eigenvalue weighted by Gasteiger charge is 2.19. The Morgan fingerprint density at radius 1 is 1.31 bits per heavy atom. The van der Waals surface area contributed by atoms with Crippen molar-refractivity contribution in [2.24, 2.45) is 0 Å². The van der Waals surface area contributed by atoms with Crippen molar-refractivity contribution in [3.05, 3.63) is 29.8 Å². The predicted molar refractivity (Wildman–Crippen MR) is 62.4 cm³/mol. The molecule has 0 aliphatic heterocycles. The maximum atomic E-state index is 11.7. The van der Waals surface area contributed by atoms with Crippen LogP contribution in [0.1, 0.15) is 38.4 Å². The Hall–Kier alpha value is -1.35. The Labute approximate surface area is 96.1 Å². The monoisotopic (exact) mass is 222 g/mol. The first kappa shape index (κ1) is 12.7. The number of hydrogen-bond acceptors (Lipinski definition) is 3. The van der Waals surface area contributed by atoms with Gasteiger partial charge in [0.25, 0.3) is 0 Å². The van der Waals surface area contributed by atoms with Gasteiger partial charge in [-0.15, -0.1) is 0 Å². The molecule has 3 nitrogen and oxygen atoms in total. The molecule has 0 amide bonds. The number of rotatable bonds is 6. The highest BCUT2D eigenvalue weighted by Crippen LogP contribution is 2.22. The maximum Gasteiger partial charge on any atom is 0.165 e. The molecular weight excluding hydrogens is 204 g/mol. The van der Waals surface area contributed by atoms with Crippen molar-refractivity contribution in [3.8, 4) is 5.75 Å². The van der Waals surface area contributed by atoms with Crippen LogP contribution in [0.4, 0.5) is 0 Å². The summed E-state index contributed by atoms with van der Waals surface area (Å²) in [5, 5.41) is 9.18. The van der Waals surface area contributed by atoms with Crippen LogP contribution in [-0.4, -0.2) is 17.5 Å². The van der Waals surface area contributed by atoms with Crippen LogP contribution in [-0.2, 0) is 9.53 Å². The number of carbonyl (C=O) groups is 1. The second-order valence-corrected chi connectivity index (χ2v) is 3.66. The highest BCUT2D eigenvalue weighted by molar-refractivity contribution is 5.84. The summed E-state index contributed by atoms with van der Waals surface area (Å²) in [5.41, 5.74) is 0.804. The smallest absolute Gasteiger partial charge is 0.165 e. The fourth-order valence-corrected chi connectivity index (χ4v) is 1.45. The summed E-state index contributed by atoms with van der Waals surface area (Å²) >= 11 is 0. The molecule has 1 atom stereocenters. The Balaban J connectivity index is 2.82.